The first-order valence-corrected chi connectivity index (χ1v) is 7.33. The van der Waals surface area contributed by atoms with Gasteiger partial charge in [-0.1, -0.05) is 60.7 Å². The number of hydrogen-bond acceptors (Lipinski definition) is 3. The van der Waals surface area contributed by atoms with Crippen LogP contribution >= 0.6 is 0 Å². The smallest absolute Gasteiger partial charge is 0.209 e. The summed E-state index contributed by atoms with van der Waals surface area (Å²) < 4.78 is 1.75. The summed E-state index contributed by atoms with van der Waals surface area (Å²) in [5, 5.41) is 3.22. The van der Waals surface area contributed by atoms with Crippen LogP contribution in [0.2, 0.25) is 0 Å². The first-order valence-electron chi connectivity index (χ1n) is 7.33. The van der Waals surface area contributed by atoms with Crippen molar-refractivity contribution < 1.29 is 0 Å². The molecule has 0 unspecified atom stereocenters. The molecule has 4 heteroatoms. The van der Waals surface area contributed by atoms with Gasteiger partial charge < -0.3 is 0 Å². The van der Waals surface area contributed by atoms with E-state index in [1.165, 1.54) is 0 Å². The number of nitroso groups, excluding NO2 is 1. The van der Waals surface area contributed by atoms with Gasteiger partial charge in [-0.3, -0.25) is 4.40 Å². The van der Waals surface area contributed by atoms with Gasteiger partial charge in [-0.15, -0.1) is 4.91 Å². The van der Waals surface area contributed by atoms with Crippen molar-refractivity contribution in [2.24, 2.45) is 5.18 Å². The first-order chi connectivity index (χ1) is 11.4. The summed E-state index contributed by atoms with van der Waals surface area (Å²) in [6.07, 6.45) is 1.90. The number of hydrogen-bond donors (Lipinski definition) is 0. The van der Waals surface area contributed by atoms with E-state index in [-0.39, 0.29) is 0 Å². The summed E-state index contributed by atoms with van der Waals surface area (Å²) in [4.78, 5) is 16.0. The van der Waals surface area contributed by atoms with Crippen molar-refractivity contribution in [3.05, 3.63) is 83.9 Å². The Kier molecular flexibility index (Phi) is 3.20. The molecule has 0 N–H and O–H groups in total. The topological polar surface area (TPSA) is 46.7 Å². The van der Waals surface area contributed by atoms with Crippen LogP contribution in [0, 0.1) is 4.91 Å². The van der Waals surface area contributed by atoms with Gasteiger partial charge in [0.25, 0.3) is 0 Å². The summed E-state index contributed by atoms with van der Waals surface area (Å²) in [5.41, 5.74) is 4.29. The molecule has 4 rings (SSSR count). The fourth-order valence-corrected chi connectivity index (χ4v) is 2.71. The maximum absolute atomic E-state index is 11.4. The predicted octanol–water partition coefficient (Wildman–Crippen LogP) is 5.07. The third-order valence-electron chi connectivity index (χ3n) is 3.83. The molecule has 0 saturated carbocycles. The lowest BCUT2D eigenvalue weighted by Crippen LogP contribution is -1.86. The van der Waals surface area contributed by atoms with E-state index in [0.717, 1.165) is 16.7 Å². The number of pyridine rings is 1. The van der Waals surface area contributed by atoms with E-state index in [1.54, 1.807) is 4.40 Å². The lowest BCUT2D eigenvalue weighted by Gasteiger charge is -2.03. The molecule has 0 aliphatic heterocycles. The van der Waals surface area contributed by atoms with Crippen molar-refractivity contribution in [1.29, 1.82) is 0 Å². The Hall–Kier alpha value is -3.27. The molecular formula is C19H13N3O. The van der Waals surface area contributed by atoms with Crippen molar-refractivity contribution in [3.63, 3.8) is 0 Å². The van der Waals surface area contributed by atoms with Crippen LogP contribution in [0.4, 0.5) is 5.82 Å². The van der Waals surface area contributed by atoms with Gasteiger partial charge >= 0.3 is 0 Å². The molecule has 0 saturated heterocycles. The highest BCUT2D eigenvalue weighted by Crippen LogP contribution is 2.32. The second kappa shape index (κ2) is 5.50. The van der Waals surface area contributed by atoms with Gasteiger partial charge in [0.15, 0.2) is 0 Å². The molecule has 110 valence electrons. The van der Waals surface area contributed by atoms with Gasteiger partial charge in [0, 0.05) is 11.8 Å². The number of rotatable bonds is 3. The van der Waals surface area contributed by atoms with Gasteiger partial charge in [0.2, 0.25) is 5.82 Å². The summed E-state index contributed by atoms with van der Waals surface area (Å²) in [6.45, 7) is 0. The Morgan fingerprint density at radius 2 is 1.39 bits per heavy atom. The summed E-state index contributed by atoms with van der Waals surface area (Å²) in [7, 11) is 0. The Bertz CT molecular complexity index is 976. The maximum Gasteiger partial charge on any atom is 0.209 e. The summed E-state index contributed by atoms with van der Waals surface area (Å²) in [5.74, 6) is 0.323. The highest BCUT2D eigenvalue weighted by molar-refractivity contribution is 5.76. The molecule has 2 aromatic carbocycles. The molecule has 0 aliphatic rings. The van der Waals surface area contributed by atoms with Crippen LogP contribution in [0.25, 0.3) is 28.0 Å². The minimum atomic E-state index is 0.323. The zero-order chi connectivity index (χ0) is 15.6. The molecule has 0 radical (unpaired) electrons. The molecule has 0 amide bonds. The summed E-state index contributed by atoms with van der Waals surface area (Å²) in [6, 6.07) is 23.5. The van der Waals surface area contributed by atoms with E-state index in [1.807, 2.05) is 79.0 Å². The van der Waals surface area contributed by atoms with Crippen molar-refractivity contribution >= 4 is 11.5 Å². The molecule has 4 aromatic rings. The second-order valence-electron chi connectivity index (χ2n) is 5.25. The monoisotopic (exact) mass is 299 g/mol. The molecule has 0 aliphatic carbocycles. The number of fused-ring (bicyclic) bond motifs is 1. The molecule has 23 heavy (non-hydrogen) atoms. The second-order valence-corrected chi connectivity index (χ2v) is 5.25. The zero-order valence-corrected chi connectivity index (χ0v) is 12.3. The minimum absolute atomic E-state index is 0.323. The molecular weight excluding hydrogens is 286 g/mol. The van der Waals surface area contributed by atoms with Gasteiger partial charge in [-0.2, -0.15) is 0 Å². The zero-order valence-electron chi connectivity index (χ0n) is 12.3. The van der Waals surface area contributed by atoms with Crippen LogP contribution in [0.3, 0.4) is 0 Å². The van der Waals surface area contributed by atoms with Gasteiger partial charge in [0.1, 0.15) is 11.3 Å². The molecule has 0 spiro atoms. The van der Waals surface area contributed by atoms with E-state index in [0.29, 0.717) is 17.2 Å². The Morgan fingerprint density at radius 1 is 0.739 bits per heavy atom. The Morgan fingerprint density at radius 3 is 2.04 bits per heavy atom. The normalized spacial score (nSPS) is 10.8. The Labute approximate surface area is 133 Å². The van der Waals surface area contributed by atoms with E-state index < -0.39 is 0 Å². The average molecular weight is 299 g/mol. The first kappa shape index (κ1) is 13.4. The minimum Gasteiger partial charge on any atom is -0.281 e. The molecule has 2 aromatic heterocycles. The molecule has 4 nitrogen and oxygen atoms in total. The fraction of sp³-hybridized carbons (Fsp3) is 0. The third kappa shape index (κ3) is 2.30. The highest BCUT2D eigenvalue weighted by atomic mass is 16.3. The van der Waals surface area contributed by atoms with Crippen molar-refractivity contribution in [2.45, 2.75) is 0 Å². The Balaban J connectivity index is 1.94. The van der Waals surface area contributed by atoms with Gasteiger partial charge in [-0.25, -0.2) is 4.98 Å². The van der Waals surface area contributed by atoms with Gasteiger partial charge in [0.05, 0.1) is 0 Å². The van der Waals surface area contributed by atoms with Crippen LogP contribution in [-0.2, 0) is 0 Å². The third-order valence-corrected chi connectivity index (χ3v) is 3.83. The van der Waals surface area contributed by atoms with Crippen LogP contribution in [0.15, 0.2) is 84.2 Å². The molecule has 0 fully saturated rings. The van der Waals surface area contributed by atoms with Crippen LogP contribution in [0.1, 0.15) is 0 Å². The lowest BCUT2D eigenvalue weighted by atomic mass is 10.1. The number of aromatic nitrogens is 2. The summed E-state index contributed by atoms with van der Waals surface area (Å²) >= 11 is 0. The fourth-order valence-electron chi connectivity index (χ4n) is 2.71. The van der Waals surface area contributed by atoms with E-state index in [4.69, 9.17) is 0 Å². The standard InChI is InChI=1S/C19H13N3O/c23-21-19-18(15-9-5-2-6-10-15)20-17-12-11-16(13-22(17)19)14-7-3-1-4-8-14/h1-13H. The van der Waals surface area contributed by atoms with Crippen molar-refractivity contribution in [2.75, 3.05) is 0 Å². The van der Waals surface area contributed by atoms with Crippen molar-refractivity contribution in [1.82, 2.24) is 9.38 Å². The number of nitrogens with zero attached hydrogens (tertiary/aromatic N) is 3. The molecule has 0 bridgehead atoms. The quantitative estimate of drug-likeness (QED) is 0.496. The lowest BCUT2D eigenvalue weighted by molar-refractivity contribution is 1.16. The van der Waals surface area contributed by atoms with Gasteiger partial charge in [-0.05, 0) is 28.4 Å². The molecule has 2 heterocycles. The van der Waals surface area contributed by atoms with E-state index in [2.05, 4.69) is 10.2 Å². The van der Waals surface area contributed by atoms with E-state index >= 15 is 0 Å². The van der Waals surface area contributed by atoms with Crippen LogP contribution in [0.5, 0.6) is 0 Å². The largest absolute Gasteiger partial charge is 0.281 e. The SMILES string of the molecule is O=Nc1c(-c2ccccc2)nc2ccc(-c3ccccc3)cn12. The highest BCUT2D eigenvalue weighted by Gasteiger charge is 2.15. The predicted molar refractivity (Wildman–Crippen MR) is 91.5 cm³/mol. The van der Waals surface area contributed by atoms with E-state index in [9.17, 15) is 4.91 Å². The van der Waals surface area contributed by atoms with Crippen LogP contribution in [-0.4, -0.2) is 9.38 Å². The van der Waals surface area contributed by atoms with Crippen molar-refractivity contribution in [3.8, 4) is 22.4 Å². The number of imidazole rings is 1. The molecule has 0 atom stereocenters. The number of benzene rings is 2. The maximum atomic E-state index is 11.4. The average Bonchev–Trinajstić information content (AvgIpc) is 3.01. The van der Waals surface area contributed by atoms with Crippen LogP contribution < -0.4 is 0 Å².